The molecule has 1 aromatic rings. The van der Waals surface area contributed by atoms with Crippen LogP contribution < -0.4 is 0 Å². The minimum atomic E-state index is -0.671. The number of aryl methyl sites for hydroxylation is 2. The Morgan fingerprint density at radius 3 is 2.57 bits per heavy atom. The van der Waals surface area contributed by atoms with E-state index in [9.17, 15) is 14.7 Å². The van der Waals surface area contributed by atoms with Crippen LogP contribution in [0.4, 0.5) is 0 Å². The van der Waals surface area contributed by atoms with E-state index in [0.717, 1.165) is 5.69 Å². The lowest BCUT2D eigenvalue weighted by atomic mass is 9.94. The van der Waals surface area contributed by atoms with Gasteiger partial charge in [-0.1, -0.05) is 0 Å². The molecule has 1 aliphatic heterocycles. The van der Waals surface area contributed by atoms with Crippen LogP contribution in [0.25, 0.3) is 0 Å². The molecule has 2 atom stereocenters. The van der Waals surface area contributed by atoms with E-state index in [1.807, 2.05) is 6.92 Å². The van der Waals surface area contributed by atoms with Gasteiger partial charge in [-0.3, -0.25) is 14.3 Å². The van der Waals surface area contributed by atoms with Crippen molar-refractivity contribution in [1.82, 2.24) is 14.7 Å². The van der Waals surface area contributed by atoms with Crippen LogP contribution in [-0.4, -0.2) is 62.4 Å². The van der Waals surface area contributed by atoms with Crippen molar-refractivity contribution in [3.63, 3.8) is 0 Å². The molecule has 7 heteroatoms. The van der Waals surface area contributed by atoms with E-state index in [0.29, 0.717) is 30.8 Å². The number of likely N-dealkylation sites (tertiary alicyclic amines) is 1. The zero-order valence-corrected chi connectivity index (χ0v) is 13.9. The first-order valence-electron chi connectivity index (χ1n) is 7.96. The van der Waals surface area contributed by atoms with Gasteiger partial charge in [0, 0.05) is 44.3 Å². The molecule has 1 saturated heterocycles. The number of carbonyl (C=O) groups excluding carboxylic acids is 2. The molecule has 2 N–H and O–H groups in total. The van der Waals surface area contributed by atoms with E-state index >= 15 is 0 Å². The van der Waals surface area contributed by atoms with Gasteiger partial charge in [0.2, 0.25) is 5.91 Å². The monoisotopic (exact) mass is 323 g/mol. The molecule has 1 amide bonds. The summed E-state index contributed by atoms with van der Waals surface area (Å²) in [5.41, 5.74) is 2.08. The van der Waals surface area contributed by atoms with E-state index < -0.39 is 6.10 Å². The summed E-state index contributed by atoms with van der Waals surface area (Å²) in [5, 5.41) is 23.4. The molecule has 0 radical (unpaired) electrons. The van der Waals surface area contributed by atoms with Crippen molar-refractivity contribution in [1.29, 1.82) is 0 Å². The Labute approximate surface area is 135 Å². The molecule has 1 aromatic heterocycles. The van der Waals surface area contributed by atoms with Crippen LogP contribution in [0, 0.1) is 19.8 Å². The number of hydrogen-bond acceptors (Lipinski definition) is 5. The number of carbonyl (C=O) groups is 2. The number of Topliss-reactive ketones (excluding diaryl/α,β-unsaturated/α-hetero) is 1. The zero-order valence-electron chi connectivity index (χ0n) is 13.9. The van der Waals surface area contributed by atoms with Crippen molar-refractivity contribution in [3.05, 3.63) is 17.0 Å². The Balaban J connectivity index is 1.95. The third-order valence-electron chi connectivity index (χ3n) is 4.58. The number of aliphatic hydroxyl groups excluding tert-OH is 2. The van der Waals surface area contributed by atoms with E-state index in [4.69, 9.17) is 5.11 Å². The maximum Gasteiger partial charge on any atom is 0.224 e. The molecule has 0 unspecified atom stereocenters. The molecule has 2 rings (SSSR count). The molecule has 2 heterocycles. The average Bonchev–Trinajstić information content (AvgIpc) is 2.78. The van der Waals surface area contributed by atoms with Crippen LogP contribution in [0.2, 0.25) is 0 Å². The van der Waals surface area contributed by atoms with Crippen molar-refractivity contribution < 1.29 is 19.8 Å². The highest BCUT2D eigenvalue weighted by atomic mass is 16.3. The van der Waals surface area contributed by atoms with E-state index in [1.165, 1.54) is 6.92 Å². The second-order valence-corrected chi connectivity index (χ2v) is 6.21. The number of nitrogens with zero attached hydrogens (tertiary/aromatic N) is 3. The minimum absolute atomic E-state index is 0.0215. The fourth-order valence-corrected chi connectivity index (χ4v) is 3.20. The number of ketones is 1. The largest absolute Gasteiger partial charge is 0.396 e. The summed E-state index contributed by atoms with van der Waals surface area (Å²) in [6, 6.07) is 0. The topological polar surface area (TPSA) is 95.7 Å². The van der Waals surface area contributed by atoms with Gasteiger partial charge >= 0.3 is 0 Å². The summed E-state index contributed by atoms with van der Waals surface area (Å²) < 4.78 is 1.70. The maximum absolute atomic E-state index is 12.3. The predicted molar refractivity (Wildman–Crippen MR) is 84.1 cm³/mol. The molecule has 0 bridgehead atoms. The van der Waals surface area contributed by atoms with Crippen molar-refractivity contribution in [2.24, 2.45) is 5.92 Å². The summed E-state index contributed by atoms with van der Waals surface area (Å²) in [4.78, 5) is 25.5. The van der Waals surface area contributed by atoms with Crippen LogP contribution >= 0.6 is 0 Å². The van der Waals surface area contributed by atoms with E-state index in [-0.39, 0.29) is 37.2 Å². The smallest absolute Gasteiger partial charge is 0.224 e. The lowest BCUT2D eigenvalue weighted by Gasteiger charge is -2.35. The van der Waals surface area contributed by atoms with Crippen LogP contribution in [-0.2, 0) is 11.3 Å². The van der Waals surface area contributed by atoms with Crippen molar-refractivity contribution in [2.75, 3.05) is 19.7 Å². The van der Waals surface area contributed by atoms with Crippen LogP contribution in [0.15, 0.2) is 0 Å². The number of rotatable bonds is 5. The molecule has 0 spiro atoms. The van der Waals surface area contributed by atoms with E-state index in [1.54, 1.807) is 16.5 Å². The number of β-amino-alcohol motifs (C(OH)–C–C–N with tert-alkyl or cyclic N) is 1. The van der Waals surface area contributed by atoms with Gasteiger partial charge in [-0.2, -0.15) is 5.10 Å². The van der Waals surface area contributed by atoms with Gasteiger partial charge in [0.1, 0.15) is 0 Å². The number of aromatic nitrogens is 2. The van der Waals surface area contributed by atoms with Gasteiger partial charge in [-0.05, 0) is 27.2 Å². The van der Waals surface area contributed by atoms with Crippen LogP contribution in [0.5, 0.6) is 0 Å². The first-order chi connectivity index (χ1) is 10.8. The lowest BCUT2D eigenvalue weighted by molar-refractivity contribution is -0.136. The van der Waals surface area contributed by atoms with Crippen LogP contribution in [0.1, 0.15) is 41.5 Å². The molecule has 0 saturated carbocycles. The Hall–Kier alpha value is -1.73. The van der Waals surface area contributed by atoms with Crippen molar-refractivity contribution >= 4 is 11.7 Å². The normalized spacial score (nSPS) is 21.5. The average molecular weight is 323 g/mol. The molecule has 0 aromatic carbocycles. The quantitative estimate of drug-likeness (QED) is 0.760. The van der Waals surface area contributed by atoms with Gasteiger partial charge in [0.05, 0.1) is 17.4 Å². The summed E-state index contributed by atoms with van der Waals surface area (Å²) in [6.07, 6.45) is 0.212. The highest BCUT2D eigenvalue weighted by Gasteiger charge is 2.29. The van der Waals surface area contributed by atoms with Gasteiger partial charge in [-0.15, -0.1) is 0 Å². The van der Waals surface area contributed by atoms with Crippen molar-refractivity contribution in [2.45, 2.75) is 46.3 Å². The maximum atomic E-state index is 12.3. The first-order valence-corrected chi connectivity index (χ1v) is 7.96. The summed E-state index contributed by atoms with van der Waals surface area (Å²) in [7, 11) is 0. The summed E-state index contributed by atoms with van der Waals surface area (Å²) >= 11 is 0. The number of aliphatic hydroxyl groups is 2. The highest BCUT2D eigenvalue weighted by molar-refractivity contribution is 5.96. The molecule has 7 nitrogen and oxygen atoms in total. The Kier molecular flexibility index (Phi) is 5.54. The minimum Gasteiger partial charge on any atom is -0.396 e. The Bertz CT molecular complexity index is 596. The van der Waals surface area contributed by atoms with Gasteiger partial charge in [0.15, 0.2) is 5.78 Å². The second kappa shape index (κ2) is 7.23. The van der Waals surface area contributed by atoms with E-state index in [2.05, 4.69) is 5.10 Å². The molecule has 1 fully saturated rings. The molecule has 23 heavy (non-hydrogen) atoms. The lowest BCUT2D eigenvalue weighted by Crippen LogP contribution is -2.47. The van der Waals surface area contributed by atoms with Gasteiger partial charge in [0.25, 0.3) is 0 Å². The third kappa shape index (κ3) is 3.79. The standard InChI is InChI=1S/C16H25N3O4/c1-10-16(12(3)21)11(2)19(17-10)7-5-15(23)18-6-4-13(9-20)14(22)8-18/h13-14,20,22H,4-9H2,1-3H3/t13-,14+/m1/s1. The first kappa shape index (κ1) is 17.6. The fraction of sp³-hybridized carbons (Fsp3) is 0.688. The zero-order chi connectivity index (χ0) is 17.1. The molecular formula is C16H25N3O4. The number of hydrogen-bond donors (Lipinski definition) is 2. The molecule has 0 aliphatic carbocycles. The summed E-state index contributed by atoms with van der Waals surface area (Å²) in [6.45, 7) is 6.31. The highest BCUT2D eigenvalue weighted by Crippen LogP contribution is 2.19. The fourth-order valence-electron chi connectivity index (χ4n) is 3.20. The SMILES string of the molecule is CC(=O)c1c(C)nn(CCC(=O)N2CC[C@H](CO)[C@@H](O)C2)c1C. The molecular weight excluding hydrogens is 298 g/mol. The van der Waals surface area contributed by atoms with Crippen molar-refractivity contribution in [3.8, 4) is 0 Å². The molecule has 128 valence electrons. The number of amides is 1. The Morgan fingerprint density at radius 1 is 1.35 bits per heavy atom. The van der Waals surface area contributed by atoms with Crippen LogP contribution in [0.3, 0.4) is 0 Å². The summed E-state index contributed by atoms with van der Waals surface area (Å²) in [5.74, 6) is -0.211. The van der Waals surface area contributed by atoms with Gasteiger partial charge < -0.3 is 15.1 Å². The number of piperidine rings is 1. The molecule has 1 aliphatic rings. The van der Waals surface area contributed by atoms with Gasteiger partial charge in [-0.25, -0.2) is 0 Å². The Morgan fingerprint density at radius 2 is 2.04 bits per heavy atom. The second-order valence-electron chi connectivity index (χ2n) is 6.21. The third-order valence-corrected chi connectivity index (χ3v) is 4.58. The predicted octanol–water partition coefficient (Wildman–Crippen LogP) is 0.294.